The van der Waals surface area contributed by atoms with Crippen molar-refractivity contribution in [2.45, 2.75) is 193 Å². The minimum atomic E-state index is -1.09. The van der Waals surface area contributed by atoms with Gasteiger partial charge in [-0.1, -0.05) is 86.1 Å². The third-order valence-electron chi connectivity index (χ3n) is 9.43. The largest absolute Gasteiger partial charge is 0.385 e. The van der Waals surface area contributed by atoms with Crippen LogP contribution in [0, 0.1) is 0 Å². The maximum atomic E-state index is 11.8. The molecule has 2 rings (SSSR count). The lowest BCUT2D eigenvalue weighted by atomic mass is 9.97. The Morgan fingerprint density at radius 3 is 1.42 bits per heavy atom. The summed E-state index contributed by atoms with van der Waals surface area (Å²) in [6.07, 6.45) is 8.62. The lowest BCUT2D eigenvalue weighted by Gasteiger charge is -2.47. The zero-order valence-electron chi connectivity index (χ0n) is 33.9. The fraction of sp³-hybridized carbons (Fsp3) is 0.951. The average Bonchev–Trinajstić information content (AvgIpc) is 3.14. The second-order valence-corrected chi connectivity index (χ2v) is 14.1. The van der Waals surface area contributed by atoms with Crippen LogP contribution in [0.4, 0.5) is 0 Å². The molecule has 2 aliphatic heterocycles. The van der Waals surface area contributed by atoms with Crippen molar-refractivity contribution in [1.29, 1.82) is 0 Å². The number of hydrogen-bond acceptors (Lipinski definition) is 11. The van der Waals surface area contributed by atoms with Gasteiger partial charge in [-0.15, -0.1) is 6.58 Å². The normalized spacial score (nSPS) is 29.4. The van der Waals surface area contributed by atoms with E-state index >= 15 is 0 Å². The highest BCUT2D eigenvalue weighted by Crippen LogP contribution is 2.32. The molecule has 0 aromatic rings. The first-order valence-corrected chi connectivity index (χ1v) is 21.0. The van der Waals surface area contributed by atoms with Crippen LogP contribution in [0.5, 0.6) is 0 Å². The number of ether oxygens (including phenoxy) is 10. The molecule has 0 radical (unpaired) electrons. The molecule has 0 spiro atoms. The monoisotopic (exact) mass is 747 g/mol. The molecule has 0 aliphatic carbocycles. The van der Waals surface area contributed by atoms with Crippen molar-refractivity contribution in [3.05, 3.63) is 12.7 Å². The van der Waals surface area contributed by atoms with Crippen molar-refractivity contribution in [2.24, 2.45) is 0 Å². The summed E-state index contributed by atoms with van der Waals surface area (Å²) in [4.78, 5) is 0. The van der Waals surface area contributed by atoms with Crippen LogP contribution in [0.2, 0.25) is 0 Å². The van der Waals surface area contributed by atoms with Crippen LogP contribution in [0.25, 0.3) is 0 Å². The molecule has 0 amide bonds. The number of aliphatic hydroxyl groups excluding tert-OH is 1. The van der Waals surface area contributed by atoms with Gasteiger partial charge in [-0.2, -0.15) is 0 Å². The van der Waals surface area contributed by atoms with Gasteiger partial charge in [0.1, 0.15) is 48.8 Å². The van der Waals surface area contributed by atoms with Gasteiger partial charge in [0.05, 0.1) is 19.8 Å². The Morgan fingerprint density at radius 1 is 0.462 bits per heavy atom. The van der Waals surface area contributed by atoms with E-state index in [1.165, 1.54) is 0 Å². The standard InChI is InChI=1S/C41H78O11/c1-8-15-22-29-49-41-39(48-28-21-14-7)38(47-27-20-13-6)36(45-25-18-11-4)33(52-41)31-50-40-34(42)37(46-26-19-12-5)35(44-24-17-10-3)32(51-40)30-43-23-16-9-2/h8,32-42H,1,9-31H2,2-7H3. The third kappa shape index (κ3) is 17.4. The zero-order chi connectivity index (χ0) is 37.8. The number of unbranched alkanes of at least 4 members (excludes halogenated alkanes) is 7. The lowest BCUT2D eigenvalue weighted by Crippen LogP contribution is -2.64. The van der Waals surface area contributed by atoms with Gasteiger partial charge in [0.15, 0.2) is 12.6 Å². The molecular weight excluding hydrogens is 668 g/mol. The second-order valence-electron chi connectivity index (χ2n) is 14.1. The van der Waals surface area contributed by atoms with Gasteiger partial charge >= 0.3 is 0 Å². The van der Waals surface area contributed by atoms with Crippen LogP contribution in [-0.4, -0.2) is 126 Å². The van der Waals surface area contributed by atoms with Gasteiger partial charge in [0, 0.05) is 39.6 Å². The molecule has 2 fully saturated rings. The number of rotatable bonds is 33. The van der Waals surface area contributed by atoms with Crippen molar-refractivity contribution in [1.82, 2.24) is 0 Å². The predicted octanol–water partition coefficient (Wildman–Crippen LogP) is 7.54. The number of hydrogen-bond donors (Lipinski definition) is 1. The molecule has 308 valence electrons. The Hall–Kier alpha value is -0.700. The summed E-state index contributed by atoms with van der Waals surface area (Å²) >= 11 is 0. The van der Waals surface area contributed by atoms with E-state index < -0.39 is 61.4 Å². The summed E-state index contributed by atoms with van der Waals surface area (Å²) in [6.45, 7) is 20.9. The molecule has 0 aromatic heterocycles. The summed E-state index contributed by atoms with van der Waals surface area (Å²) in [5, 5.41) is 11.8. The van der Waals surface area contributed by atoms with Crippen molar-refractivity contribution in [3.8, 4) is 0 Å². The molecule has 2 saturated heterocycles. The van der Waals surface area contributed by atoms with Crippen LogP contribution >= 0.6 is 0 Å². The van der Waals surface area contributed by atoms with E-state index in [2.05, 4.69) is 48.1 Å². The molecule has 52 heavy (non-hydrogen) atoms. The summed E-state index contributed by atoms with van der Waals surface area (Å²) in [6, 6.07) is 0. The van der Waals surface area contributed by atoms with Crippen LogP contribution in [0.15, 0.2) is 12.7 Å². The van der Waals surface area contributed by atoms with E-state index in [0.29, 0.717) is 52.9 Å². The maximum Gasteiger partial charge on any atom is 0.186 e. The SMILES string of the molecule is C=CCCCOC1OC(COC2OC(COCCCC)C(OCCCC)C(OCCCC)C2O)C(OCCCC)C(OCCCC)C1OCCCC. The van der Waals surface area contributed by atoms with E-state index in [9.17, 15) is 5.11 Å². The molecular formula is C41H78O11. The summed E-state index contributed by atoms with van der Waals surface area (Å²) in [5.74, 6) is 0. The fourth-order valence-corrected chi connectivity index (χ4v) is 6.15. The third-order valence-corrected chi connectivity index (χ3v) is 9.43. The molecule has 0 bridgehead atoms. The quantitative estimate of drug-likeness (QED) is 0.0531. The summed E-state index contributed by atoms with van der Waals surface area (Å²) in [5.41, 5.74) is 0. The van der Waals surface area contributed by atoms with Crippen molar-refractivity contribution in [2.75, 3.05) is 59.5 Å². The molecule has 11 nitrogen and oxygen atoms in total. The highest BCUT2D eigenvalue weighted by molar-refractivity contribution is 4.95. The second kappa shape index (κ2) is 30.5. The smallest absolute Gasteiger partial charge is 0.186 e. The van der Waals surface area contributed by atoms with Gasteiger partial charge in [-0.3, -0.25) is 0 Å². The Labute approximate surface area is 317 Å². The van der Waals surface area contributed by atoms with E-state index in [0.717, 1.165) is 89.9 Å². The predicted molar refractivity (Wildman–Crippen MR) is 204 cm³/mol. The van der Waals surface area contributed by atoms with Crippen LogP contribution in [-0.2, 0) is 47.4 Å². The van der Waals surface area contributed by atoms with Gasteiger partial charge in [0.2, 0.25) is 0 Å². The van der Waals surface area contributed by atoms with Gasteiger partial charge < -0.3 is 52.5 Å². The first-order valence-electron chi connectivity index (χ1n) is 21.0. The Bertz CT molecular complexity index is 835. The van der Waals surface area contributed by atoms with Gasteiger partial charge in [0.25, 0.3) is 0 Å². The molecule has 1 N–H and O–H groups in total. The average molecular weight is 747 g/mol. The van der Waals surface area contributed by atoms with E-state index in [1.54, 1.807) is 0 Å². The highest BCUT2D eigenvalue weighted by atomic mass is 16.7. The van der Waals surface area contributed by atoms with Crippen LogP contribution in [0.3, 0.4) is 0 Å². The van der Waals surface area contributed by atoms with Crippen molar-refractivity contribution < 1.29 is 52.5 Å². The summed E-state index contributed by atoms with van der Waals surface area (Å²) < 4.78 is 64.5. The molecule has 0 saturated carbocycles. The van der Waals surface area contributed by atoms with Crippen molar-refractivity contribution >= 4 is 0 Å². The fourth-order valence-electron chi connectivity index (χ4n) is 6.15. The Morgan fingerprint density at radius 2 is 0.885 bits per heavy atom. The van der Waals surface area contributed by atoms with Crippen molar-refractivity contribution in [3.63, 3.8) is 0 Å². The maximum absolute atomic E-state index is 11.8. The topological polar surface area (TPSA) is 113 Å². The minimum absolute atomic E-state index is 0.0762. The Balaban J connectivity index is 2.39. The molecule has 11 heteroatoms. The first kappa shape index (κ1) is 47.5. The van der Waals surface area contributed by atoms with E-state index in [-0.39, 0.29) is 6.61 Å². The number of allylic oxidation sites excluding steroid dienone is 1. The van der Waals surface area contributed by atoms with Gasteiger partial charge in [-0.25, -0.2) is 0 Å². The minimum Gasteiger partial charge on any atom is -0.385 e. The molecule has 2 heterocycles. The lowest BCUT2D eigenvalue weighted by molar-refractivity contribution is -0.346. The van der Waals surface area contributed by atoms with Gasteiger partial charge in [-0.05, 0) is 51.4 Å². The van der Waals surface area contributed by atoms with E-state index in [4.69, 9.17) is 47.4 Å². The molecule has 2 aliphatic rings. The van der Waals surface area contributed by atoms with Crippen LogP contribution in [0.1, 0.15) is 131 Å². The Kier molecular flexibility index (Phi) is 27.8. The summed E-state index contributed by atoms with van der Waals surface area (Å²) in [7, 11) is 0. The highest BCUT2D eigenvalue weighted by Gasteiger charge is 2.51. The first-order chi connectivity index (χ1) is 25.5. The van der Waals surface area contributed by atoms with E-state index in [1.807, 2.05) is 6.08 Å². The van der Waals surface area contributed by atoms with Crippen LogP contribution < -0.4 is 0 Å². The molecule has 0 aromatic carbocycles. The molecule has 10 unspecified atom stereocenters. The zero-order valence-corrected chi connectivity index (χ0v) is 33.9. The number of aliphatic hydroxyl groups is 1. The molecule has 10 atom stereocenters.